The van der Waals surface area contributed by atoms with Crippen LogP contribution in [0.25, 0.3) is 5.69 Å². The minimum absolute atomic E-state index is 0.0422. The molecule has 3 aromatic rings. The first kappa shape index (κ1) is 16.5. The topological polar surface area (TPSA) is 46.9 Å². The quantitative estimate of drug-likeness (QED) is 0.718. The molecule has 5 heteroatoms. The van der Waals surface area contributed by atoms with Gasteiger partial charge in [0.25, 0.3) is 0 Å². The number of hydrogen-bond donors (Lipinski definition) is 1. The van der Waals surface area contributed by atoms with Gasteiger partial charge in [-0.2, -0.15) is 5.10 Å². The lowest BCUT2D eigenvalue weighted by molar-refractivity contribution is -0.116. The van der Waals surface area contributed by atoms with Gasteiger partial charge in [0.05, 0.1) is 17.1 Å². The van der Waals surface area contributed by atoms with Crippen LogP contribution in [0.5, 0.6) is 0 Å². The molecule has 0 aliphatic heterocycles. The van der Waals surface area contributed by atoms with Gasteiger partial charge < -0.3 is 5.32 Å². The standard InChI is InChI=1S/C19H21N3OS/c1-14-13-15(2)22(21-14)18-10-4-3-9-17(18)20-19(23)11-5-7-16-8-6-12-24-16/h3-4,6,8-10,12-13H,5,7,11H2,1-2H3,(H,20,23). The van der Waals surface area contributed by atoms with Crippen LogP contribution in [0, 0.1) is 13.8 Å². The summed E-state index contributed by atoms with van der Waals surface area (Å²) in [5.41, 5.74) is 3.70. The van der Waals surface area contributed by atoms with Crippen molar-refractivity contribution in [3.05, 3.63) is 64.1 Å². The minimum Gasteiger partial charge on any atom is -0.324 e. The second-order valence-electron chi connectivity index (χ2n) is 5.84. The Hall–Kier alpha value is -2.40. The maximum absolute atomic E-state index is 12.3. The molecule has 0 fully saturated rings. The molecule has 0 radical (unpaired) electrons. The molecule has 0 unspecified atom stereocenters. The molecule has 0 atom stereocenters. The van der Waals surface area contributed by atoms with E-state index in [9.17, 15) is 4.79 Å². The molecule has 0 saturated heterocycles. The Kier molecular flexibility index (Phi) is 5.11. The van der Waals surface area contributed by atoms with Gasteiger partial charge in [0.15, 0.2) is 0 Å². The fourth-order valence-electron chi connectivity index (χ4n) is 2.73. The molecule has 0 bridgehead atoms. The first-order valence-corrected chi connectivity index (χ1v) is 8.96. The van der Waals surface area contributed by atoms with Crippen LogP contribution in [0.15, 0.2) is 47.8 Å². The Morgan fingerprint density at radius 3 is 2.75 bits per heavy atom. The zero-order valence-electron chi connectivity index (χ0n) is 14.0. The van der Waals surface area contributed by atoms with Gasteiger partial charge in [0.2, 0.25) is 5.91 Å². The van der Waals surface area contributed by atoms with E-state index < -0.39 is 0 Å². The first-order chi connectivity index (χ1) is 11.6. The van der Waals surface area contributed by atoms with E-state index >= 15 is 0 Å². The van der Waals surface area contributed by atoms with Crippen molar-refractivity contribution in [3.63, 3.8) is 0 Å². The highest BCUT2D eigenvalue weighted by Gasteiger charge is 2.11. The number of rotatable bonds is 6. The van der Waals surface area contributed by atoms with Crippen molar-refractivity contribution in [3.8, 4) is 5.69 Å². The smallest absolute Gasteiger partial charge is 0.224 e. The predicted octanol–water partition coefficient (Wildman–Crippen LogP) is 4.51. The monoisotopic (exact) mass is 339 g/mol. The molecule has 0 saturated carbocycles. The van der Waals surface area contributed by atoms with Crippen molar-refractivity contribution in [1.29, 1.82) is 0 Å². The molecule has 124 valence electrons. The van der Waals surface area contributed by atoms with Crippen LogP contribution in [0.1, 0.15) is 29.1 Å². The number of nitrogens with zero attached hydrogens (tertiary/aromatic N) is 2. The molecule has 0 spiro atoms. The second kappa shape index (κ2) is 7.45. The van der Waals surface area contributed by atoms with E-state index in [2.05, 4.69) is 21.9 Å². The summed E-state index contributed by atoms with van der Waals surface area (Å²) in [5.74, 6) is 0.0422. The molecule has 2 aromatic heterocycles. The average Bonchev–Trinajstić information content (AvgIpc) is 3.17. The SMILES string of the molecule is Cc1cc(C)n(-c2ccccc2NC(=O)CCCc2cccs2)n1. The van der Waals surface area contributed by atoms with Gasteiger partial charge in [0.1, 0.15) is 0 Å². The third-order valence-electron chi connectivity index (χ3n) is 3.82. The number of hydrogen-bond acceptors (Lipinski definition) is 3. The highest BCUT2D eigenvalue weighted by atomic mass is 32.1. The van der Waals surface area contributed by atoms with Crippen molar-refractivity contribution in [1.82, 2.24) is 9.78 Å². The molecule has 0 aliphatic carbocycles. The third kappa shape index (κ3) is 3.92. The van der Waals surface area contributed by atoms with E-state index in [1.807, 2.05) is 54.9 Å². The lowest BCUT2D eigenvalue weighted by Gasteiger charge is -2.12. The molecule has 1 amide bonds. The number of aryl methyl sites for hydroxylation is 3. The molecule has 24 heavy (non-hydrogen) atoms. The minimum atomic E-state index is 0.0422. The fourth-order valence-corrected chi connectivity index (χ4v) is 3.48. The number of para-hydroxylation sites is 2. The van der Waals surface area contributed by atoms with E-state index in [0.717, 1.165) is 35.6 Å². The Bertz CT molecular complexity index is 821. The van der Waals surface area contributed by atoms with Crippen molar-refractivity contribution in [2.24, 2.45) is 0 Å². The maximum atomic E-state index is 12.3. The second-order valence-corrected chi connectivity index (χ2v) is 6.87. The lowest BCUT2D eigenvalue weighted by atomic mass is 10.2. The Morgan fingerprint density at radius 1 is 1.21 bits per heavy atom. The maximum Gasteiger partial charge on any atom is 0.224 e. The van der Waals surface area contributed by atoms with Crippen LogP contribution in [0.2, 0.25) is 0 Å². The molecule has 4 nitrogen and oxygen atoms in total. The zero-order valence-corrected chi connectivity index (χ0v) is 14.8. The average molecular weight is 339 g/mol. The highest BCUT2D eigenvalue weighted by molar-refractivity contribution is 7.09. The fraction of sp³-hybridized carbons (Fsp3) is 0.263. The molecular weight excluding hydrogens is 318 g/mol. The van der Waals surface area contributed by atoms with E-state index in [0.29, 0.717) is 6.42 Å². The van der Waals surface area contributed by atoms with Crippen LogP contribution in [-0.4, -0.2) is 15.7 Å². The van der Waals surface area contributed by atoms with Gasteiger partial charge in [-0.15, -0.1) is 11.3 Å². The summed E-state index contributed by atoms with van der Waals surface area (Å²) in [7, 11) is 0. The summed E-state index contributed by atoms with van der Waals surface area (Å²) in [6, 6.07) is 14.0. The summed E-state index contributed by atoms with van der Waals surface area (Å²) in [6.07, 6.45) is 2.32. The highest BCUT2D eigenvalue weighted by Crippen LogP contribution is 2.22. The van der Waals surface area contributed by atoms with Crippen molar-refractivity contribution >= 4 is 22.9 Å². The summed E-state index contributed by atoms with van der Waals surface area (Å²) in [6.45, 7) is 3.98. The van der Waals surface area contributed by atoms with Crippen LogP contribution in [0.4, 0.5) is 5.69 Å². The summed E-state index contributed by atoms with van der Waals surface area (Å²) < 4.78 is 1.87. The van der Waals surface area contributed by atoms with Gasteiger partial charge in [-0.25, -0.2) is 4.68 Å². The van der Waals surface area contributed by atoms with Crippen LogP contribution >= 0.6 is 11.3 Å². The number of anilines is 1. The molecule has 0 aliphatic rings. The molecular formula is C19H21N3OS. The number of aromatic nitrogens is 2. The van der Waals surface area contributed by atoms with E-state index in [1.54, 1.807) is 11.3 Å². The third-order valence-corrected chi connectivity index (χ3v) is 4.76. The molecule has 2 heterocycles. The summed E-state index contributed by atoms with van der Waals surface area (Å²) in [5, 5.41) is 9.61. The van der Waals surface area contributed by atoms with Gasteiger partial charge in [0, 0.05) is 17.0 Å². The van der Waals surface area contributed by atoms with E-state index in [4.69, 9.17) is 0 Å². The largest absolute Gasteiger partial charge is 0.324 e. The van der Waals surface area contributed by atoms with Gasteiger partial charge in [-0.1, -0.05) is 18.2 Å². The number of carbonyl (C=O) groups excluding carboxylic acids is 1. The van der Waals surface area contributed by atoms with Gasteiger partial charge in [-0.3, -0.25) is 4.79 Å². The molecule has 3 rings (SSSR count). The number of amides is 1. The number of benzene rings is 1. The van der Waals surface area contributed by atoms with E-state index in [1.165, 1.54) is 4.88 Å². The van der Waals surface area contributed by atoms with Crippen LogP contribution < -0.4 is 5.32 Å². The zero-order chi connectivity index (χ0) is 16.9. The van der Waals surface area contributed by atoms with Crippen molar-refractivity contribution in [2.45, 2.75) is 33.1 Å². The number of carbonyl (C=O) groups is 1. The lowest BCUT2D eigenvalue weighted by Crippen LogP contribution is -2.14. The molecule has 1 aromatic carbocycles. The Balaban J connectivity index is 1.66. The predicted molar refractivity (Wildman–Crippen MR) is 98.9 cm³/mol. The van der Waals surface area contributed by atoms with Crippen LogP contribution in [0.3, 0.4) is 0 Å². The number of thiophene rings is 1. The summed E-state index contributed by atoms with van der Waals surface area (Å²) in [4.78, 5) is 13.6. The van der Waals surface area contributed by atoms with Gasteiger partial charge >= 0.3 is 0 Å². The Morgan fingerprint density at radius 2 is 2.04 bits per heavy atom. The van der Waals surface area contributed by atoms with Gasteiger partial charge in [-0.05, 0) is 56.3 Å². The summed E-state index contributed by atoms with van der Waals surface area (Å²) >= 11 is 1.74. The van der Waals surface area contributed by atoms with Crippen LogP contribution in [-0.2, 0) is 11.2 Å². The van der Waals surface area contributed by atoms with Crippen molar-refractivity contribution < 1.29 is 4.79 Å². The van der Waals surface area contributed by atoms with Crippen molar-refractivity contribution in [2.75, 3.05) is 5.32 Å². The first-order valence-electron chi connectivity index (χ1n) is 8.08. The van der Waals surface area contributed by atoms with E-state index in [-0.39, 0.29) is 5.91 Å². The molecule has 1 N–H and O–H groups in total. The Labute approximate surface area is 146 Å². The number of nitrogens with one attached hydrogen (secondary N) is 1. The normalized spacial score (nSPS) is 10.8.